The zero-order valence-corrected chi connectivity index (χ0v) is 12.7. The van der Waals surface area contributed by atoms with E-state index in [9.17, 15) is 0 Å². The van der Waals surface area contributed by atoms with Crippen molar-refractivity contribution in [3.05, 3.63) is 28.2 Å². The maximum Gasteiger partial charge on any atom is 0.0513 e. The Labute approximate surface area is 119 Å². The molecule has 1 aromatic rings. The molecule has 1 atom stereocenters. The fourth-order valence-corrected chi connectivity index (χ4v) is 3.48. The number of benzene rings is 1. The fourth-order valence-electron chi connectivity index (χ4n) is 2.83. The molecule has 1 fully saturated rings. The van der Waals surface area contributed by atoms with Crippen LogP contribution in [0.25, 0.3) is 0 Å². The highest BCUT2D eigenvalue weighted by Gasteiger charge is 2.21. The number of nitrogens with zero attached hydrogens (tertiary/aromatic N) is 1. The van der Waals surface area contributed by atoms with E-state index in [2.05, 4.69) is 46.0 Å². The van der Waals surface area contributed by atoms with Gasteiger partial charge in [-0.3, -0.25) is 0 Å². The normalized spacial score (nSPS) is 20.8. The number of halogens is 1. The second-order valence-corrected chi connectivity index (χ2v) is 5.95. The lowest BCUT2D eigenvalue weighted by atomic mass is 10.1. The first-order valence-electron chi connectivity index (χ1n) is 7.01. The van der Waals surface area contributed by atoms with Crippen LogP contribution in [0.2, 0.25) is 0 Å². The average Bonchev–Trinajstić information content (AvgIpc) is 2.63. The Morgan fingerprint density at radius 2 is 2.17 bits per heavy atom. The lowest BCUT2D eigenvalue weighted by Crippen LogP contribution is -2.34. The zero-order chi connectivity index (χ0) is 13.0. The lowest BCUT2D eigenvalue weighted by Gasteiger charge is -2.32. The van der Waals surface area contributed by atoms with Gasteiger partial charge in [-0.2, -0.15) is 0 Å². The third-order valence-electron chi connectivity index (χ3n) is 3.91. The summed E-state index contributed by atoms with van der Waals surface area (Å²) < 4.78 is 1.19. The molecule has 3 heteroatoms. The van der Waals surface area contributed by atoms with Crippen LogP contribution >= 0.6 is 15.9 Å². The summed E-state index contributed by atoms with van der Waals surface area (Å²) in [5.41, 5.74) is 8.21. The molecule has 0 amide bonds. The van der Waals surface area contributed by atoms with Gasteiger partial charge in [0, 0.05) is 23.6 Å². The molecule has 18 heavy (non-hydrogen) atoms. The van der Waals surface area contributed by atoms with Crippen molar-refractivity contribution in [2.45, 2.75) is 51.6 Å². The first-order valence-corrected chi connectivity index (χ1v) is 7.80. The van der Waals surface area contributed by atoms with Crippen LogP contribution in [0.5, 0.6) is 0 Å². The number of rotatable bonds is 3. The lowest BCUT2D eigenvalue weighted by molar-refractivity contribution is 0.555. The molecule has 100 valence electrons. The van der Waals surface area contributed by atoms with Gasteiger partial charge in [-0.25, -0.2) is 0 Å². The second-order valence-electron chi connectivity index (χ2n) is 5.09. The minimum atomic E-state index is 0.607. The van der Waals surface area contributed by atoms with Crippen molar-refractivity contribution in [3.63, 3.8) is 0 Å². The van der Waals surface area contributed by atoms with Crippen LogP contribution in [0.3, 0.4) is 0 Å². The molecule has 2 N–H and O–H groups in total. The van der Waals surface area contributed by atoms with Gasteiger partial charge in [0.25, 0.3) is 0 Å². The fraction of sp³-hybridized carbons (Fsp3) is 0.600. The highest BCUT2D eigenvalue weighted by atomic mass is 79.9. The van der Waals surface area contributed by atoms with Crippen LogP contribution < -0.4 is 10.6 Å². The molecule has 0 spiro atoms. The summed E-state index contributed by atoms with van der Waals surface area (Å²) in [6.07, 6.45) is 6.59. The smallest absolute Gasteiger partial charge is 0.0513 e. The number of hydrogen-bond acceptors (Lipinski definition) is 2. The molecular weight excluding hydrogens is 288 g/mol. The topological polar surface area (TPSA) is 29.3 Å². The van der Waals surface area contributed by atoms with E-state index in [1.165, 1.54) is 54.4 Å². The van der Waals surface area contributed by atoms with Gasteiger partial charge in [-0.05, 0) is 52.9 Å². The first kappa shape index (κ1) is 13.9. The van der Waals surface area contributed by atoms with Crippen LogP contribution in [0, 0.1) is 0 Å². The number of hydrogen-bond donors (Lipinski definition) is 1. The van der Waals surface area contributed by atoms with Crippen LogP contribution in [-0.2, 0) is 6.54 Å². The number of nitrogens with two attached hydrogens (primary N) is 1. The van der Waals surface area contributed by atoms with E-state index in [0.717, 1.165) is 0 Å². The third kappa shape index (κ3) is 3.07. The molecule has 1 unspecified atom stereocenters. The van der Waals surface area contributed by atoms with Crippen LogP contribution in [0.15, 0.2) is 22.7 Å². The van der Waals surface area contributed by atoms with Gasteiger partial charge in [-0.1, -0.05) is 25.8 Å². The summed E-state index contributed by atoms with van der Waals surface area (Å²) in [6, 6.07) is 7.22. The van der Waals surface area contributed by atoms with Crippen molar-refractivity contribution in [2.24, 2.45) is 5.73 Å². The maximum absolute atomic E-state index is 5.69. The molecule has 1 aliphatic rings. The van der Waals surface area contributed by atoms with E-state index in [4.69, 9.17) is 5.73 Å². The zero-order valence-electron chi connectivity index (χ0n) is 11.2. The van der Waals surface area contributed by atoms with E-state index in [1.807, 2.05) is 0 Å². The minimum Gasteiger partial charge on any atom is -0.368 e. The summed E-state index contributed by atoms with van der Waals surface area (Å²) in [6.45, 7) is 4.08. The molecule has 2 nitrogen and oxygen atoms in total. The third-order valence-corrected chi connectivity index (χ3v) is 4.54. The Balaban J connectivity index is 2.27. The average molecular weight is 311 g/mol. The van der Waals surface area contributed by atoms with Crippen molar-refractivity contribution in [3.8, 4) is 0 Å². The van der Waals surface area contributed by atoms with Crippen molar-refractivity contribution >= 4 is 21.6 Å². The van der Waals surface area contributed by atoms with Crippen molar-refractivity contribution in [2.75, 3.05) is 11.4 Å². The second kappa shape index (κ2) is 6.58. The van der Waals surface area contributed by atoms with Gasteiger partial charge in [0.05, 0.1) is 5.69 Å². The molecule has 1 aliphatic heterocycles. The predicted octanol–water partition coefficient (Wildman–Crippen LogP) is 4.07. The Bertz CT molecular complexity index is 392. The van der Waals surface area contributed by atoms with Gasteiger partial charge in [-0.15, -0.1) is 0 Å². The molecule has 2 rings (SSSR count). The molecule has 1 heterocycles. The summed E-state index contributed by atoms with van der Waals surface area (Å²) in [4.78, 5) is 2.58. The SMILES string of the molecule is CCC1CCCCCN1c1ccc(CN)cc1Br. The molecule has 0 saturated carbocycles. The van der Waals surface area contributed by atoms with Crippen LogP contribution in [0.1, 0.15) is 44.6 Å². The summed E-state index contributed by atoms with van der Waals surface area (Å²) in [5, 5.41) is 0. The Hall–Kier alpha value is -0.540. The monoisotopic (exact) mass is 310 g/mol. The van der Waals surface area contributed by atoms with E-state index in [-0.39, 0.29) is 0 Å². The largest absolute Gasteiger partial charge is 0.368 e. The van der Waals surface area contributed by atoms with E-state index < -0.39 is 0 Å². The number of anilines is 1. The van der Waals surface area contributed by atoms with E-state index in [0.29, 0.717) is 12.6 Å². The van der Waals surface area contributed by atoms with Gasteiger partial charge >= 0.3 is 0 Å². The van der Waals surface area contributed by atoms with Gasteiger partial charge < -0.3 is 10.6 Å². The molecule has 0 aliphatic carbocycles. The molecular formula is C15H23BrN2. The molecule has 0 aromatic heterocycles. The molecule has 1 aromatic carbocycles. The summed E-state index contributed by atoms with van der Waals surface area (Å²) >= 11 is 3.71. The first-order chi connectivity index (χ1) is 8.76. The Morgan fingerprint density at radius 1 is 1.33 bits per heavy atom. The van der Waals surface area contributed by atoms with Crippen molar-refractivity contribution in [1.29, 1.82) is 0 Å². The van der Waals surface area contributed by atoms with Gasteiger partial charge in [0.15, 0.2) is 0 Å². The summed E-state index contributed by atoms with van der Waals surface area (Å²) in [7, 11) is 0. The Kier molecular flexibility index (Phi) is 5.07. The quantitative estimate of drug-likeness (QED) is 0.912. The summed E-state index contributed by atoms with van der Waals surface area (Å²) in [5.74, 6) is 0. The van der Waals surface area contributed by atoms with E-state index in [1.54, 1.807) is 0 Å². The molecule has 0 radical (unpaired) electrons. The highest BCUT2D eigenvalue weighted by Crippen LogP contribution is 2.32. The van der Waals surface area contributed by atoms with Gasteiger partial charge in [0.1, 0.15) is 0 Å². The van der Waals surface area contributed by atoms with Crippen LogP contribution in [-0.4, -0.2) is 12.6 Å². The molecule has 0 bridgehead atoms. The van der Waals surface area contributed by atoms with Crippen LogP contribution in [0.4, 0.5) is 5.69 Å². The maximum atomic E-state index is 5.69. The molecule has 1 saturated heterocycles. The highest BCUT2D eigenvalue weighted by molar-refractivity contribution is 9.10. The Morgan fingerprint density at radius 3 is 2.83 bits per heavy atom. The van der Waals surface area contributed by atoms with Gasteiger partial charge in [0.2, 0.25) is 0 Å². The predicted molar refractivity (Wildman–Crippen MR) is 81.9 cm³/mol. The van der Waals surface area contributed by atoms with Crippen molar-refractivity contribution in [1.82, 2.24) is 0 Å². The van der Waals surface area contributed by atoms with Crippen molar-refractivity contribution < 1.29 is 0 Å². The minimum absolute atomic E-state index is 0.607. The standard InChI is InChI=1S/C15H23BrN2/c1-2-13-6-4-3-5-9-18(13)15-8-7-12(11-17)10-14(15)16/h7-8,10,13H,2-6,9,11,17H2,1H3. The van der Waals surface area contributed by atoms with E-state index >= 15 is 0 Å².